The summed E-state index contributed by atoms with van der Waals surface area (Å²) < 4.78 is 62.8. The third-order valence-electron chi connectivity index (χ3n) is 7.87. The third kappa shape index (κ3) is 7.44. The van der Waals surface area contributed by atoms with Gasteiger partial charge in [-0.05, 0) is 67.4 Å². The molecular weight excluding hydrogens is 602 g/mol. The fourth-order valence-electron chi connectivity index (χ4n) is 5.56. The van der Waals surface area contributed by atoms with Gasteiger partial charge in [-0.1, -0.05) is 29.8 Å². The summed E-state index contributed by atoms with van der Waals surface area (Å²) in [6.07, 6.45) is 0.0546. The first kappa shape index (κ1) is 31.1. The van der Waals surface area contributed by atoms with Crippen LogP contribution in [0.4, 0.5) is 19.3 Å². The summed E-state index contributed by atoms with van der Waals surface area (Å²) in [6, 6.07) is 14.5. The molecule has 0 aliphatic carbocycles. The topological polar surface area (TPSA) is 111 Å². The van der Waals surface area contributed by atoms with Gasteiger partial charge in [0.25, 0.3) is 0 Å². The van der Waals surface area contributed by atoms with Gasteiger partial charge < -0.3 is 25.0 Å². The van der Waals surface area contributed by atoms with Gasteiger partial charge in [0, 0.05) is 49.2 Å². The van der Waals surface area contributed by atoms with Crippen molar-refractivity contribution in [1.82, 2.24) is 14.5 Å². The number of nitrogens with one attached hydrogen (secondary N) is 2. The Bertz CT molecular complexity index is 1580. The highest BCUT2D eigenvalue weighted by Crippen LogP contribution is 2.37. The summed E-state index contributed by atoms with van der Waals surface area (Å²) >= 11 is 6.05. The van der Waals surface area contributed by atoms with Crippen LogP contribution in [0.15, 0.2) is 65.6 Å². The zero-order valence-electron chi connectivity index (χ0n) is 23.5. The van der Waals surface area contributed by atoms with E-state index in [2.05, 4.69) is 10.0 Å². The van der Waals surface area contributed by atoms with Crippen LogP contribution >= 0.6 is 11.6 Å². The number of carbonyl (C=O) groups is 1. The molecule has 3 aromatic carbocycles. The van der Waals surface area contributed by atoms with E-state index in [1.807, 2.05) is 24.1 Å². The van der Waals surface area contributed by atoms with E-state index in [-0.39, 0.29) is 36.0 Å². The van der Waals surface area contributed by atoms with E-state index in [0.29, 0.717) is 43.6 Å². The van der Waals surface area contributed by atoms with E-state index in [9.17, 15) is 27.1 Å². The predicted octanol–water partition coefficient (Wildman–Crippen LogP) is 4.56. The molecule has 1 atom stereocenters. The van der Waals surface area contributed by atoms with E-state index >= 15 is 0 Å². The molecule has 230 valence electrons. The molecule has 0 saturated carbocycles. The number of anilines is 1. The van der Waals surface area contributed by atoms with Crippen molar-refractivity contribution in [2.45, 2.75) is 23.8 Å². The minimum Gasteiger partial charge on any atom is -0.492 e. The van der Waals surface area contributed by atoms with Gasteiger partial charge in [-0.3, -0.25) is 0 Å². The second kappa shape index (κ2) is 12.7. The van der Waals surface area contributed by atoms with Gasteiger partial charge in [-0.25, -0.2) is 26.7 Å². The zero-order chi connectivity index (χ0) is 30.8. The largest absolute Gasteiger partial charge is 0.492 e. The molecule has 2 heterocycles. The fourth-order valence-corrected chi connectivity index (χ4v) is 6.88. The number of hydrogen-bond donors (Lipinski definition) is 3. The molecule has 0 radical (unpaired) electrons. The Morgan fingerprint density at radius 2 is 1.77 bits per heavy atom. The van der Waals surface area contributed by atoms with Gasteiger partial charge in [0.2, 0.25) is 10.0 Å². The van der Waals surface area contributed by atoms with Crippen molar-refractivity contribution in [3.63, 3.8) is 0 Å². The van der Waals surface area contributed by atoms with Crippen molar-refractivity contribution in [1.29, 1.82) is 0 Å². The monoisotopic (exact) mass is 634 g/mol. The number of aliphatic hydroxyl groups excluding tert-OH is 1. The van der Waals surface area contributed by atoms with Crippen LogP contribution in [0.1, 0.15) is 12.8 Å². The fraction of sp³-hybridized carbons (Fsp3) is 0.367. The lowest BCUT2D eigenvalue weighted by molar-refractivity contribution is 0.0256. The van der Waals surface area contributed by atoms with Crippen LogP contribution in [0, 0.1) is 17.0 Å². The predicted molar refractivity (Wildman–Crippen MR) is 160 cm³/mol. The number of piperidine rings is 1. The van der Waals surface area contributed by atoms with Gasteiger partial charge in [-0.15, -0.1) is 0 Å². The number of nitrogens with zero attached hydrogens (tertiary/aromatic N) is 2. The maximum atomic E-state index is 14.1. The highest BCUT2D eigenvalue weighted by atomic mass is 35.5. The van der Waals surface area contributed by atoms with Gasteiger partial charge >= 0.3 is 6.03 Å². The van der Waals surface area contributed by atoms with E-state index in [0.717, 1.165) is 17.2 Å². The number of aliphatic hydroxyl groups is 1. The number of benzene rings is 3. The van der Waals surface area contributed by atoms with E-state index in [1.54, 1.807) is 29.2 Å². The first-order valence-corrected chi connectivity index (χ1v) is 15.7. The van der Waals surface area contributed by atoms with Crippen LogP contribution in [-0.4, -0.2) is 81.8 Å². The van der Waals surface area contributed by atoms with Gasteiger partial charge in [-0.2, -0.15) is 0 Å². The lowest BCUT2D eigenvalue weighted by Crippen LogP contribution is -2.52. The lowest BCUT2D eigenvalue weighted by Gasteiger charge is -2.44. The molecule has 1 saturated heterocycles. The standard InChI is InChI=1S/C30H33ClF2N4O5S/c1-36-17-24(38)16-34-43(40,41)28-9-4-21(20-2-5-22(31)6-3-20)14-27(28)42-19-30(18-36)10-12-37(13-11-30)29(39)35-26-8-7-23(32)15-25(26)33/h2-9,14-15,24,34,38H,10-13,16-19H2,1H3,(H,35,39). The van der Waals surface area contributed by atoms with Crippen LogP contribution < -0.4 is 14.8 Å². The van der Waals surface area contributed by atoms with Crippen molar-refractivity contribution in [3.05, 3.63) is 77.3 Å². The van der Waals surface area contributed by atoms with Crippen LogP contribution in [0.3, 0.4) is 0 Å². The maximum absolute atomic E-state index is 14.1. The Hall–Kier alpha value is -3.29. The van der Waals surface area contributed by atoms with Crippen LogP contribution in [-0.2, 0) is 10.0 Å². The molecule has 43 heavy (non-hydrogen) atoms. The molecule has 1 spiro atoms. The Labute approximate surface area is 254 Å². The average molecular weight is 635 g/mol. The zero-order valence-corrected chi connectivity index (χ0v) is 25.1. The second-order valence-electron chi connectivity index (χ2n) is 11.2. The Morgan fingerprint density at radius 1 is 1.07 bits per heavy atom. The molecular formula is C30H33ClF2N4O5S. The molecule has 9 nitrogen and oxygen atoms in total. The van der Waals surface area contributed by atoms with Crippen molar-refractivity contribution in [2.75, 3.05) is 51.7 Å². The first-order valence-electron chi connectivity index (χ1n) is 13.8. The number of fused-ring (bicyclic) bond motifs is 1. The lowest BCUT2D eigenvalue weighted by atomic mass is 9.78. The summed E-state index contributed by atoms with van der Waals surface area (Å²) in [5.74, 6) is -1.43. The van der Waals surface area contributed by atoms with E-state index < -0.39 is 39.2 Å². The second-order valence-corrected chi connectivity index (χ2v) is 13.4. The molecule has 5 rings (SSSR count). The number of likely N-dealkylation sites (N-methyl/N-ethyl adjacent to an activating group) is 1. The van der Waals surface area contributed by atoms with Crippen LogP contribution in [0.5, 0.6) is 5.75 Å². The molecule has 3 aromatic rings. The number of amides is 2. The summed E-state index contributed by atoms with van der Waals surface area (Å²) in [7, 11) is -2.17. The highest BCUT2D eigenvalue weighted by Gasteiger charge is 2.39. The smallest absolute Gasteiger partial charge is 0.321 e. The van der Waals surface area contributed by atoms with Crippen LogP contribution in [0.25, 0.3) is 11.1 Å². The number of urea groups is 1. The normalized spacial score (nSPS) is 20.8. The number of rotatable bonds is 2. The summed E-state index contributed by atoms with van der Waals surface area (Å²) in [5, 5.41) is 13.7. The minimum absolute atomic E-state index is 0.0420. The molecule has 1 fully saturated rings. The molecule has 3 N–H and O–H groups in total. The number of sulfonamides is 1. The molecule has 2 aliphatic rings. The Morgan fingerprint density at radius 3 is 2.47 bits per heavy atom. The van der Waals surface area contributed by atoms with Crippen molar-refractivity contribution in [2.24, 2.45) is 5.41 Å². The number of β-amino-alcohol motifs (C(OH)–C–C–N with tert-alkyl or cyclic N) is 1. The van der Waals surface area contributed by atoms with Crippen molar-refractivity contribution in [3.8, 4) is 16.9 Å². The van der Waals surface area contributed by atoms with E-state index in [4.69, 9.17) is 16.3 Å². The maximum Gasteiger partial charge on any atom is 0.321 e. The number of hydrogen-bond acceptors (Lipinski definition) is 6. The Kier molecular flexibility index (Phi) is 9.23. The molecule has 1 unspecified atom stereocenters. The number of ether oxygens (including phenoxy) is 1. The molecule has 2 amide bonds. The average Bonchev–Trinajstić information content (AvgIpc) is 2.96. The quantitative estimate of drug-likeness (QED) is 0.381. The summed E-state index contributed by atoms with van der Waals surface area (Å²) in [5.41, 5.74) is 0.964. The number of carbonyl (C=O) groups excluding carboxylic acids is 1. The third-order valence-corrected chi connectivity index (χ3v) is 9.58. The SMILES string of the molecule is CN1CC(O)CNS(=O)(=O)c2ccc(-c3ccc(Cl)cc3)cc2OCC2(CCN(C(=O)Nc3ccc(F)cc3F)CC2)C1. The molecule has 2 aliphatic heterocycles. The summed E-state index contributed by atoms with van der Waals surface area (Å²) in [4.78, 5) is 16.4. The Balaban J connectivity index is 1.40. The highest BCUT2D eigenvalue weighted by molar-refractivity contribution is 7.89. The van der Waals surface area contributed by atoms with E-state index in [1.165, 1.54) is 12.1 Å². The van der Waals surface area contributed by atoms with Gasteiger partial charge in [0.15, 0.2) is 0 Å². The molecule has 0 aromatic heterocycles. The van der Waals surface area contributed by atoms with Crippen LogP contribution in [0.2, 0.25) is 5.02 Å². The first-order chi connectivity index (χ1) is 20.4. The van der Waals surface area contributed by atoms with Gasteiger partial charge in [0.05, 0.1) is 18.4 Å². The van der Waals surface area contributed by atoms with Gasteiger partial charge in [0.1, 0.15) is 22.3 Å². The van der Waals surface area contributed by atoms with Crippen molar-refractivity contribution < 1.29 is 31.8 Å². The number of halogens is 3. The number of likely N-dealkylation sites (tertiary alicyclic amines) is 1. The molecule has 13 heteroatoms. The summed E-state index contributed by atoms with van der Waals surface area (Å²) in [6.45, 7) is 1.37. The minimum atomic E-state index is -4.01. The molecule has 0 bridgehead atoms. The van der Waals surface area contributed by atoms with Crippen molar-refractivity contribution >= 4 is 33.3 Å².